The molecule has 2 aromatic rings. The molecule has 2 aromatic carbocycles. The van der Waals surface area contributed by atoms with Gasteiger partial charge in [-0.2, -0.15) is 0 Å². The van der Waals surface area contributed by atoms with Gasteiger partial charge in [0.05, 0.1) is 16.5 Å². The lowest BCUT2D eigenvalue weighted by atomic mass is 10.0. The van der Waals surface area contributed by atoms with Gasteiger partial charge in [0.1, 0.15) is 6.04 Å². The van der Waals surface area contributed by atoms with E-state index in [9.17, 15) is 9.59 Å². The number of benzene rings is 2. The van der Waals surface area contributed by atoms with Crippen LogP contribution < -0.4 is 5.32 Å². The molecule has 0 fully saturated rings. The van der Waals surface area contributed by atoms with Gasteiger partial charge in [0.25, 0.3) is 0 Å². The topological polar surface area (TPSA) is 49.4 Å². The van der Waals surface area contributed by atoms with E-state index in [4.69, 9.17) is 23.2 Å². The molecule has 0 aromatic heterocycles. The van der Waals surface area contributed by atoms with Crippen molar-refractivity contribution in [1.29, 1.82) is 0 Å². The fraction of sp³-hybridized carbons (Fsp3) is 0.417. The lowest BCUT2D eigenvalue weighted by molar-refractivity contribution is -0.141. The molecule has 0 spiro atoms. The fourth-order valence-corrected chi connectivity index (χ4v) is 3.57. The molecular weight excluding hydrogens is 419 g/mol. The van der Waals surface area contributed by atoms with Crippen LogP contribution in [0.2, 0.25) is 10.0 Å². The first kappa shape index (κ1) is 24.2. The third-order valence-corrected chi connectivity index (χ3v) is 5.75. The standard InChI is InChI=1S/C24H30Cl2N2O2/c1-5-22(24(30)27-14-16(2)3)28(15-18-10-11-20(25)21(26)12-18)23(29)13-19-9-7-6-8-17(19)4/h6-12,16,22H,5,13-15H2,1-4H3,(H,27,30)/t22-/m1/s1. The third-order valence-electron chi connectivity index (χ3n) is 5.01. The summed E-state index contributed by atoms with van der Waals surface area (Å²) in [5.41, 5.74) is 2.84. The number of rotatable bonds is 9. The molecule has 6 heteroatoms. The van der Waals surface area contributed by atoms with Crippen molar-refractivity contribution in [1.82, 2.24) is 10.2 Å². The highest BCUT2D eigenvalue weighted by Gasteiger charge is 2.29. The number of nitrogens with zero attached hydrogens (tertiary/aromatic N) is 1. The van der Waals surface area contributed by atoms with Gasteiger partial charge in [-0.3, -0.25) is 9.59 Å². The van der Waals surface area contributed by atoms with E-state index in [2.05, 4.69) is 5.32 Å². The Labute approximate surface area is 189 Å². The summed E-state index contributed by atoms with van der Waals surface area (Å²) >= 11 is 12.2. The lowest BCUT2D eigenvalue weighted by Crippen LogP contribution is -2.50. The Bertz CT molecular complexity index is 883. The summed E-state index contributed by atoms with van der Waals surface area (Å²) in [4.78, 5) is 27.9. The highest BCUT2D eigenvalue weighted by Crippen LogP contribution is 2.24. The molecule has 1 atom stereocenters. The molecule has 0 aliphatic carbocycles. The molecule has 0 saturated heterocycles. The minimum absolute atomic E-state index is 0.0954. The quantitative estimate of drug-likeness (QED) is 0.556. The monoisotopic (exact) mass is 448 g/mol. The SMILES string of the molecule is CC[C@H](C(=O)NCC(C)C)N(Cc1ccc(Cl)c(Cl)c1)C(=O)Cc1ccccc1C. The van der Waals surface area contributed by atoms with Crippen molar-refractivity contribution < 1.29 is 9.59 Å². The summed E-state index contributed by atoms with van der Waals surface area (Å²) in [6.07, 6.45) is 0.757. The average molecular weight is 449 g/mol. The molecule has 30 heavy (non-hydrogen) atoms. The van der Waals surface area contributed by atoms with Gasteiger partial charge in [0.2, 0.25) is 11.8 Å². The van der Waals surface area contributed by atoms with E-state index in [1.165, 1.54) is 0 Å². The number of aryl methyl sites for hydroxylation is 1. The molecule has 0 aliphatic rings. The number of halogens is 2. The molecule has 0 bridgehead atoms. The predicted molar refractivity (Wildman–Crippen MR) is 124 cm³/mol. The molecule has 1 N–H and O–H groups in total. The van der Waals surface area contributed by atoms with Crippen LogP contribution in [-0.4, -0.2) is 29.3 Å². The highest BCUT2D eigenvalue weighted by molar-refractivity contribution is 6.42. The largest absolute Gasteiger partial charge is 0.354 e. The van der Waals surface area contributed by atoms with Crippen LogP contribution in [0.1, 0.15) is 43.9 Å². The van der Waals surface area contributed by atoms with E-state index in [1.54, 1.807) is 17.0 Å². The number of nitrogens with one attached hydrogen (secondary N) is 1. The average Bonchev–Trinajstić information content (AvgIpc) is 2.70. The van der Waals surface area contributed by atoms with Crippen LogP contribution in [0.3, 0.4) is 0 Å². The van der Waals surface area contributed by atoms with Crippen LogP contribution in [-0.2, 0) is 22.6 Å². The van der Waals surface area contributed by atoms with Crippen molar-refractivity contribution in [2.45, 2.75) is 53.1 Å². The van der Waals surface area contributed by atoms with E-state index < -0.39 is 6.04 Å². The number of hydrogen-bond acceptors (Lipinski definition) is 2. The van der Waals surface area contributed by atoms with Crippen molar-refractivity contribution in [2.75, 3.05) is 6.54 Å². The molecule has 0 saturated carbocycles. The van der Waals surface area contributed by atoms with Crippen LogP contribution in [0.4, 0.5) is 0 Å². The van der Waals surface area contributed by atoms with Crippen molar-refractivity contribution in [3.05, 3.63) is 69.2 Å². The molecule has 0 unspecified atom stereocenters. The molecule has 162 valence electrons. The summed E-state index contributed by atoms with van der Waals surface area (Å²) in [6, 6.07) is 12.5. The molecular formula is C24H30Cl2N2O2. The number of amides is 2. The normalized spacial score (nSPS) is 12.0. The van der Waals surface area contributed by atoms with Gasteiger partial charge in [0.15, 0.2) is 0 Å². The minimum Gasteiger partial charge on any atom is -0.354 e. The summed E-state index contributed by atoms with van der Waals surface area (Å²) in [6.45, 7) is 8.84. The maximum Gasteiger partial charge on any atom is 0.242 e. The predicted octanol–water partition coefficient (Wildman–Crippen LogP) is 5.42. The van der Waals surface area contributed by atoms with Crippen molar-refractivity contribution in [2.24, 2.45) is 5.92 Å². The van der Waals surface area contributed by atoms with E-state index >= 15 is 0 Å². The minimum atomic E-state index is -0.560. The molecule has 0 aliphatic heterocycles. The zero-order chi connectivity index (χ0) is 22.3. The second kappa shape index (κ2) is 11.4. The van der Waals surface area contributed by atoms with E-state index in [0.717, 1.165) is 16.7 Å². The van der Waals surface area contributed by atoms with Gasteiger partial charge in [0, 0.05) is 13.1 Å². The Morgan fingerprint density at radius 3 is 2.37 bits per heavy atom. The Hall–Kier alpha value is -2.04. The summed E-state index contributed by atoms with van der Waals surface area (Å²) in [5.74, 6) is 0.101. The smallest absolute Gasteiger partial charge is 0.242 e. The van der Waals surface area contributed by atoms with Gasteiger partial charge in [-0.15, -0.1) is 0 Å². The molecule has 0 radical (unpaired) electrons. The highest BCUT2D eigenvalue weighted by atomic mass is 35.5. The first-order valence-electron chi connectivity index (χ1n) is 10.3. The molecule has 2 amide bonds. The van der Waals surface area contributed by atoms with Crippen molar-refractivity contribution >= 4 is 35.0 Å². The lowest BCUT2D eigenvalue weighted by Gasteiger charge is -2.31. The van der Waals surface area contributed by atoms with Gasteiger partial charge in [-0.1, -0.05) is 74.3 Å². The van der Waals surface area contributed by atoms with Gasteiger partial charge >= 0.3 is 0 Å². The molecule has 2 rings (SSSR count). The van der Waals surface area contributed by atoms with Crippen molar-refractivity contribution in [3.8, 4) is 0 Å². The zero-order valence-corrected chi connectivity index (χ0v) is 19.6. The second-order valence-corrected chi connectivity index (χ2v) is 8.75. The second-order valence-electron chi connectivity index (χ2n) is 7.94. The summed E-state index contributed by atoms with van der Waals surface area (Å²) in [5, 5.41) is 3.86. The maximum atomic E-state index is 13.4. The Morgan fingerprint density at radius 2 is 1.77 bits per heavy atom. The van der Waals surface area contributed by atoms with Crippen LogP contribution >= 0.6 is 23.2 Å². The Kier molecular flexibility index (Phi) is 9.19. The number of hydrogen-bond donors (Lipinski definition) is 1. The van der Waals surface area contributed by atoms with Crippen LogP contribution in [0, 0.1) is 12.8 Å². The fourth-order valence-electron chi connectivity index (χ4n) is 3.25. The Morgan fingerprint density at radius 1 is 1.07 bits per heavy atom. The first-order chi connectivity index (χ1) is 14.2. The molecule has 4 nitrogen and oxygen atoms in total. The summed E-state index contributed by atoms with van der Waals surface area (Å²) in [7, 11) is 0. The van der Waals surface area contributed by atoms with Gasteiger partial charge in [-0.05, 0) is 48.1 Å². The van der Waals surface area contributed by atoms with E-state index in [1.807, 2.05) is 58.0 Å². The van der Waals surface area contributed by atoms with E-state index in [0.29, 0.717) is 28.9 Å². The van der Waals surface area contributed by atoms with Crippen molar-refractivity contribution in [3.63, 3.8) is 0 Å². The van der Waals surface area contributed by atoms with Gasteiger partial charge < -0.3 is 10.2 Å². The van der Waals surface area contributed by atoms with Gasteiger partial charge in [-0.25, -0.2) is 0 Å². The molecule has 0 heterocycles. The van der Waals surface area contributed by atoms with E-state index in [-0.39, 0.29) is 24.8 Å². The summed E-state index contributed by atoms with van der Waals surface area (Å²) < 4.78 is 0. The van der Waals surface area contributed by atoms with Crippen LogP contribution in [0.25, 0.3) is 0 Å². The zero-order valence-electron chi connectivity index (χ0n) is 18.0. The maximum absolute atomic E-state index is 13.4. The third kappa shape index (κ3) is 6.75. The first-order valence-corrected chi connectivity index (χ1v) is 11.0. The van der Waals surface area contributed by atoms with Crippen LogP contribution in [0.5, 0.6) is 0 Å². The number of carbonyl (C=O) groups is 2. The van der Waals surface area contributed by atoms with Crippen LogP contribution in [0.15, 0.2) is 42.5 Å². The Balaban J connectivity index is 2.31. The number of carbonyl (C=O) groups excluding carboxylic acids is 2.